The normalized spacial score (nSPS) is 12.5. The van der Waals surface area contributed by atoms with E-state index in [0.717, 1.165) is 5.76 Å². The molecule has 6 heteroatoms. The molecule has 0 saturated carbocycles. The monoisotopic (exact) mass is 325 g/mol. The molecule has 3 rings (SSSR count). The van der Waals surface area contributed by atoms with Crippen molar-refractivity contribution in [2.45, 2.75) is 6.04 Å². The van der Waals surface area contributed by atoms with E-state index in [1.54, 1.807) is 12.3 Å². The molecule has 124 valence electrons. The second-order valence-corrected chi connectivity index (χ2v) is 5.80. The van der Waals surface area contributed by atoms with Gasteiger partial charge in [-0.05, 0) is 32.3 Å². The number of benzene rings is 1. The molecule has 1 amide bonds. The van der Waals surface area contributed by atoms with Crippen LogP contribution in [0.1, 0.15) is 22.2 Å². The number of nitrogens with one attached hydrogen (secondary N) is 2. The minimum atomic E-state index is -0.297. The van der Waals surface area contributed by atoms with E-state index >= 15 is 0 Å². The maximum absolute atomic E-state index is 12.6. The fourth-order valence-electron chi connectivity index (χ4n) is 2.70. The summed E-state index contributed by atoms with van der Waals surface area (Å²) in [5.74, 6) is 0.492. The first-order valence-corrected chi connectivity index (χ1v) is 7.66. The highest BCUT2D eigenvalue weighted by Crippen LogP contribution is 2.18. The van der Waals surface area contributed by atoms with Crippen molar-refractivity contribution < 1.29 is 9.21 Å². The van der Waals surface area contributed by atoms with Gasteiger partial charge in [0.1, 0.15) is 5.76 Å². The summed E-state index contributed by atoms with van der Waals surface area (Å²) in [6, 6.07) is 12.2. The molecule has 1 unspecified atom stereocenters. The van der Waals surface area contributed by atoms with Crippen LogP contribution in [-0.2, 0) is 0 Å². The summed E-state index contributed by atoms with van der Waals surface area (Å²) in [6.45, 7) is 0.375. The Balaban J connectivity index is 1.84. The van der Waals surface area contributed by atoms with Gasteiger partial charge in [-0.15, -0.1) is 0 Å². The van der Waals surface area contributed by atoms with Crippen LogP contribution < -0.4 is 10.9 Å². The van der Waals surface area contributed by atoms with E-state index in [9.17, 15) is 9.59 Å². The highest BCUT2D eigenvalue weighted by Gasteiger charge is 2.19. The maximum atomic E-state index is 12.6. The number of aromatic nitrogens is 1. The van der Waals surface area contributed by atoms with Crippen LogP contribution in [0.2, 0.25) is 0 Å². The molecule has 6 nitrogen and oxygen atoms in total. The third kappa shape index (κ3) is 3.23. The van der Waals surface area contributed by atoms with Crippen LogP contribution in [0, 0.1) is 0 Å². The van der Waals surface area contributed by atoms with Gasteiger partial charge in [-0.2, -0.15) is 0 Å². The van der Waals surface area contributed by atoms with Crippen molar-refractivity contribution in [3.05, 3.63) is 70.4 Å². The number of carbonyl (C=O) groups excluding carboxylic acids is 1. The number of H-pyrrole nitrogens is 1. The van der Waals surface area contributed by atoms with Crippen molar-refractivity contribution in [3.8, 4) is 0 Å². The molecule has 2 heterocycles. The average Bonchev–Trinajstić information content (AvgIpc) is 3.07. The number of hydrogen-bond donors (Lipinski definition) is 2. The summed E-state index contributed by atoms with van der Waals surface area (Å²) in [5.41, 5.74) is 0.714. The van der Waals surface area contributed by atoms with Crippen LogP contribution in [0.5, 0.6) is 0 Å². The molecular weight excluding hydrogens is 306 g/mol. The zero-order valence-corrected chi connectivity index (χ0v) is 13.6. The lowest BCUT2D eigenvalue weighted by atomic mass is 10.1. The number of rotatable bonds is 5. The molecule has 0 bridgehead atoms. The number of nitrogens with zero attached hydrogens (tertiary/aromatic N) is 1. The Morgan fingerprint density at radius 3 is 2.75 bits per heavy atom. The SMILES string of the molecule is CN(C)C(CNC(=O)c1cc(=O)[nH]c2ccccc12)c1ccco1. The second-order valence-electron chi connectivity index (χ2n) is 5.80. The minimum Gasteiger partial charge on any atom is -0.468 e. The zero-order chi connectivity index (χ0) is 17.1. The van der Waals surface area contributed by atoms with Gasteiger partial charge in [0.05, 0.1) is 17.9 Å². The highest BCUT2D eigenvalue weighted by atomic mass is 16.3. The number of para-hydroxylation sites is 1. The molecule has 3 aromatic rings. The van der Waals surface area contributed by atoms with E-state index in [1.807, 2.05) is 49.3 Å². The Labute approximate surface area is 139 Å². The van der Waals surface area contributed by atoms with E-state index in [1.165, 1.54) is 6.07 Å². The largest absolute Gasteiger partial charge is 0.468 e. The molecule has 0 spiro atoms. The standard InChI is InChI=1S/C18H19N3O3/c1-21(2)15(16-8-5-9-24-16)11-19-18(23)13-10-17(22)20-14-7-4-3-6-12(13)14/h3-10,15H,11H2,1-2H3,(H,19,23)(H,20,22). The number of carbonyl (C=O) groups is 1. The predicted molar refractivity (Wildman–Crippen MR) is 92.0 cm³/mol. The summed E-state index contributed by atoms with van der Waals surface area (Å²) >= 11 is 0. The first-order chi connectivity index (χ1) is 11.6. The summed E-state index contributed by atoms with van der Waals surface area (Å²) < 4.78 is 5.44. The van der Waals surface area contributed by atoms with Crippen LogP contribution >= 0.6 is 0 Å². The molecular formula is C18H19N3O3. The third-order valence-electron chi connectivity index (χ3n) is 3.95. The van der Waals surface area contributed by atoms with Gasteiger partial charge in [0, 0.05) is 23.5 Å². The summed E-state index contributed by atoms with van der Waals surface area (Å²) in [6.07, 6.45) is 1.61. The van der Waals surface area contributed by atoms with Crippen molar-refractivity contribution >= 4 is 16.8 Å². The molecule has 1 aromatic carbocycles. The van der Waals surface area contributed by atoms with Crippen LogP contribution in [0.4, 0.5) is 0 Å². The summed E-state index contributed by atoms with van der Waals surface area (Å²) in [7, 11) is 3.84. The number of pyridine rings is 1. The van der Waals surface area contributed by atoms with Gasteiger partial charge in [0.25, 0.3) is 5.91 Å². The van der Waals surface area contributed by atoms with E-state index in [-0.39, 0.29) is 17.5 Å². The zero-order valence-electron chi connectivity index (χ0n) is 13.6. The molecule has 2 N–H and O–H groups in total. The number of hydrogen-bond acceptors (Lipinski definition) is 4. The molecule has 0 fully saturated rings. The summed E-state index contributed by atoms with van der Waals surface area (Å²) in [4.78, 5) is 29.1. The van der Waals surface area contributed by atoms with Crippen LogP contribution in [-0.4, -0.2) is 36.4 Å². The summed E-state index contributed by atoms with van der Waals surface area (Å²) in [5, 5.41) is 3.61. The van der Waals surface area contributed by atoms with Gasteiger partial charge in [-0.25, -0.2) is 0 Å². The lowest BCUT2D eigenvalue weighted by Crippen LogP contribution is -2.34. The molecule has 0 aliphatic heterocycles. The van der Waals surface area contributed by atoms with Crippen molar-refractivity contribution in [1.82, 2.24) is 15.2 Å². The van der Waals surface area contributed by atoms with Gasteiger partial charge in [0.2, 0.25) is 5.56 Å². The van der Waals surface area contributed by atoms with Crippen molar-refractivity contribution in [2.75, 3.05) is 20.6 Å². The third-order valence-corrected chi connectivity index (χ3v) is 3.95. The van der Waals surface area contributed by atoms with Gasteiger partial charge in [0.15, 0.2) is 0 Å². The first kappa shape index (κ1) is 16.0. The molecule has 1 atom stereocenters. The molecule has 0 saturated heterocycles. The molecule has 0 aliphatic carbocycles. The van der Waals surface area contributed by atoms with Crippen molar-refractivity contribution in [1.29, 1.82) is 0 Å². The number of amides is 1. The lowest BCUT2D eigenvalue weighted by Gasteiger charge is -2.22. The van der Waals surface area contributed by atoms with Gasteiger partial charge in [-0.3, -0.25) is 14.5 Å². The smallest absolute Gasteiger partial charge is 0.252 e. The van der Waals surface area contributed by atoms with E-state index < -0.39 is 0 Å². The van der Waals surface area contributed by atoms with Crippen molar-refractivity contribution in [3.63, 3.8) is 0 Å². The van der Waals surface area contributed by atoms with E-state index in [2.05, 4.69) is 10.3 Å². The Morgan fingerprint density at radius 1 is 1.25 bits per heavy atom. The quantitative estimate of drug-likeness (QED) is 0.753. The Hall–Kier alpha value is -2.86. The van der Waals surface area contributed by atoms with Gasteiger partial charge in [-0.1, -0.05) is 18.2 Å². The van der Waals surface area contributed by atoms with Crippen LogP contribution in [0.25, 0.3) is 10.9 Å². The first-order valence-electron chi connectivity index (χ1n) is 7.66. The molecule has 24 heavy (non-hydrogen) atoms. The minimum absolute atomic E-state index is 0.0859. The fourth-order valence-corrected chi connectivity index (χ4v) is 2.70. The fraction of sp³-hybridized carbons (Fsp3) is 0.222. The topological polar surface area (TPSA) is 78.3 Å². The molecule has 0 radical (unpaired) electrons. The Morgan fingerprint density at radius 2 is 2.04 bits per heavy atom. The van der Waals surface area contributed by atoms with Crippen LogP contribution in [0.15, 0.2) is 57.9 Å². The number of fused-ring (bicyclic) bond motifs is 1. The van der Waals surface area contributed by atoms with E-state index in [0.29, 0.717) is 23.0 Å². The predicted octanol–water partition coefficient (Wildman–Crippen LogP) is 2.15. The van der Waals surface area contributed by atoms with Gasteiger partial charge < -0.3 is 14.7 Å². The number of likely N-dealkylation sites (N-methyl/N-ethyl adjacent to an activating group) is 1. The van der Waals surface area contributed by atoms with Crippen molar-refractivity contribution in [2.24, 2.45) is 0 Å². The van der Waals surface area contributed by atoms with Gasteiger partial charge >= 0.3 is 0 Å². The number of furan rings is 1. The number of aromatic amines is 1. The molecule has 2 aromatic heterocycles. The van der Waals surface area contributed by atoms with Crippen LogP contribution in [0.3, 0.4) is 0 Å². The lowest BCUT2D eigenvalue weighted by molar-refractivity contribution is 0.0940. The average molecular weight is 325 g/mol. The molecule has 0 aliphatic rings. The maximum Gasteiger partial charge on any atom is 0.252 e. The Kier molecular flexibility index (Phi) is 4.48. The highest BCUT2D eigenvalue weighted by molar-refractivity contribution is 6.05. The Bertz CT molecular complexity index is 897. The second kappa shape index (κ2) is 6.72. The van der Waals surface area contributed by atoms with E-state index in [4.69, 9.17) is 4.42 Å².